The van der Waals surface area contributed by atoms with Gasteiger partial charge in [-0.15, -0.1) is 11.8 Å². The predicted octanol–water partition coefficient (Wildman–Crippen LogP) is 3.12. The van der Waals surface area contributed by atoms with Crippen molar-refractivity contribution in [1.29, 1.82) is 0 Å². The molecule has 0 aromatic heterocycles. The van der Waals surface area contributed by atoms with Gasteiger partial charge in [0.05, 0.1) is 6.61 Å². The monoisotopic (exact) mass is 294 g/mol. The van der Waals surface area contributed by atoms with E-state index in [1.807, 2.05) is 11.8 Å². The van der Waals surface area contributed by atoms with Gasteiger partial charge in [0.15, 0.2) is 0 Å². The van der Waals surface area contributed by atoms with Crippen LogP contribution >= 0.6 is 11.8 Å². The number of likely N-dealkylation sites (N-methyl/N-ethyl adjacent to an activating group) is 1. The Labute approximate surface area is 126 Å². The smallest absolute Gasteiger partial charge is 0.0641 e. The number of nitrogens with zero attached hydrogens (tertiary/aromatic N) is 1. The molecule has 1 aliphatic rings. The van der Waals surface area contributed by atoms with Gasteiger partial charge in [0, 0.05) is 42.9 Å². The quantitative estimate of drug-likeness (QED) is 0.561. The Hall–Kier alpha value is -0.710. The molecule has 1 fully saturated rings. The minimum Gasteiger partial charge on any atom is -0.379 e. The molecule has 1 saturated carbocycles. The summed E-state index contributed by atoms with van der Waals surface area (Å²) in [5.41, 5.74) is 8.44. The first-order valence-electron chi connectivity index (χ1n) is 7.49. The van der Waals surface area contributed by atoms with Gasteiger partial charge in [0.2, 0.25) is 0 Å². The summed E-state index contributed by atoms with van der Waals surface area (Å²) >= 11 is 1.86. The standard InChI is InChI=1S/C16H26N2OS/c1-3-20-16-6-4-5-15(14(16)11-17)18(2)9-10-19-12-13-7-8-13/h4-6,13H,3,7-12,17H2,1-2H3. The second-order valence-corrected chi connectivity index (χ2v) is 6.64. The van der Waals surface area contributed by atoms with Gasteiger partial charge < -0.3 is 15.4 Å². The van der Waals surface area contributed by atoms with Crippen molar-refractivity contribution < 1.29 is 4.74 Å². The molecule has 0 heterocycles. The zero-order valence-electron chi connectivity index (χ0n) is 12.6. The number of thioether (sulfide) groups is 1. The first kappa shape index (κ1) is 15.7. The fourth-order valence-corrected chi connectivity index (χ4v) is 3.11. The molecule has 0 saturated heterocycles. The van der Waals surface area contributed by atoms with E-state index >= 15 is 0 Å². The fourth-order valence-electron chi connectivity index (χ4n) is 2.26. The molecular formula is C16H26N2OS. The lowest BCUT2D eigenvalue weighted by atomic mass is 10.1. The lowest BCUT2D eigenvalue weighted by molar-refractivity contribution is 0.131. The molecule has 0 spiro atoms. The maximum atomic E-state index is 5.95. The Balaban J connectivity index is 1.92. The van der Waals surface area contributed by atoms with Crippen molar-refractivity contribution in [2.24, 2.45) is 11.7 Å². The topological polar surface area (TPSA) is 38.5 Å². The first-order chi connectivity index (χ1) is 9.76. The average Bonchev–Trinajstić information content (AvgIpc) is 3.27. The Morgan fingerprint density at radius 2 is 2.20 bits per heavy atom. The van der Waals surface area contributed by atoms with Crippen LogP contribution in [-0.2, 0) is 11.3 Å². The third kappa shape index (κ3) is 4.40. The summed E-state index contributed by atoms with van der Waals surface area (Å²) in [7, 11) is 2.12. The van der Waals surface area contributed by atoms with Crippen molar-refractivity contribution in [3.8, 4) is 0 Å². The van der Waals surface area contributed by atoms with E-state index in [-0.39, 0.29) is 0 Å². The van der Waals surface area contributed by atoms with Crippen LogP contribution in [0.1, 0.15) is 25.3 Å². The van der Waals surface area contributed by atoms with Gasteiger partial charge in [-0.25, -0.2) is 0 Å². The summed E-state index contributed by atoms with van der Waals surface area (Å²) < 4.78 is 5.72. The molecule has 0 amide bonds. The van der Waals surface area contributed by atoms with Crippen LogP contribution in [0.25, 0.3) is 0 Å². The summed E-state index contributed by atoms with van der Waals surface area (Å²) in [6.45, 7) is 5.41. The molecule has 1 aromatic carbocycles. The van der Waals surface area contributed by atoms with Gasteiger partial charge in [-0.3, -0.25) is 0 Å². The van der Waals surface area contributed by atoms with Crippen molar-refractivity contribution in [1.82, 2.24) is 0 Å². The predicted molar refractivity (Wildman–Crippen MR) is 87.5 cm³/mol. The fraction of sp³-hybridized carbons (Fsp3) is 0.625. The minimum atomic E-state index is 0.589. The van der Waals surface area contributed by atoms with Crippen molar-refractivity contribution in [3.05, 3.63) is 23.8 Å². The molecule has 4 heteroatoms. The number of hydrogen-bond acceptors (Lipinski definition) is 4. The van der Waals surface area contributed by atoms with Crippen LogP contribution in [0.4, 0.5) is 5.69 Å². The van der Waals surface area contributed by atoms with E-state index in [0.717, 1.165) is 31.4 Å². The maximum absolute atomic E-state index is 5.95. The SMILES string of the molecule is CCSc1cccc(N(C)CCOCC2CC2)c1CN. The second-order valence-electron chi connectivity index (χ2n) is 5.33. The Kier molecular flexibility index (Phi) is 6.20. The Morgan fingerprint density at radius 3 is 2.85 bits per heavy atom. The summed E-state index contributed by atoms with van der Waals surface area (Å²) in [6.07, 6.45) is 2.70. The molecule has 0 radical (unpaired) electrons. The van der Waals surface area contributed by atoms with E-state index in [0.29, 0.717) is 6.54 Å². The van der Waals surface area contributed by atoms with E-state index in [4.69, 9.17) is 10.5 Å². The molecule has 0 atom stereocenters. The van der Waals surface area contributed by atoms with Gasteiger partial charge in [-0.1, -0.05) is 13.0 Å². The molecule has 0 unspecified atom stereocenters. The zero-order valence-corrected chi connectivity index (χ0v) is 13.4. The van der Waals surface area contributed by atoms with E-state index in [1.54, 1.807) is 0 Å². The van der Waals surface area contributed by atoms with Crippen LogP contribution in [0.5, 0.6) is 0 Å². The molecule has 20 heavy (non-hydrogen) atoms. The van der Waals surface area contributed by atoms with Gasteiger partial charge >= 0.3 is 0 Å². The maximum Gasteiger partial charge on any atom is 0.0641 e. The normalized spacial score (nSPS) is 14.6. The minimum absolute atomic E-state index is 0.589. The molecular weight excluding hydrogens is 268 g/mol. The molecule has 0 aliphatic heterocycles. The van der Waals surface area contributed by atoms with Crippen LogP contribution < -0.4 is 10.6 Å². The summed E-state index contributed by atoms with van der Waals surface area (Å²) in [5, 5.41) is 0. The molecule has 1 aromatic rings. The first-order valence-corrected chi connectivity index (χ1v) is 8.48. The number of ether oxygens (including phenoxy) is 1. The number of benzene rings is 1. The highest BCUT2D eigenvalue weighted by Gasteiger charge is 2.21. The lowest BCUT2D eigenvalue weighted by Crippen LogP contribution is -2.24. The Bertz CT molecular complexity index is 421. The zero-order chi connectivity index (χ0) is 14.4. The van der Waals surface area contributed by atoms with Gasteiger partial charge in [0.1, 0.15) is 0 Å². The highest BCUT2D eigenvalue weighted by molar-refractivity contribution is 7.99. The summed E-state index contributed by atoms with van der Waals surface area (Å²) in [4.78, 5) is 3.56. The van der Waals surface area contributed by atoms with Crippen molar-refractivity contribution in [3.63, 3.8) is 0 Å². The van der Waals surface area contributed by atoms with Crippen molar-refractivity contribution in [2.45, 2.75) is 31.2 Å². The van der Waals surface area contributed by atoms with E-state index in [1.165, 1.54) is 29.0 Å². The molecule has 2 N–H and O–H groups in total. The number of nitrogens with two attached hydrogens (primary N) is 1. The van der Waals surface area contributed by atoms with E-state index in [2.05, 4.69) is 37.1 Å². The molecule has 1 aliphatic carbocycles. The van der Waals surface area contributed by atoms with Crippen molar-refractivity contribution in [2.75, 3.05) is 37.5 Å². The molecule has 2 rings (SSSR count). The lowest BCUT2D eigenvalue weighted by Gasteiger charge is -2.23. The van der Waals surface area contributed by atoms with E-state index in [9.17, 15) is 0 Å². The Morgan fingerprint density at radius 1 is 1.40 bits per heavy atom. The highest BCUT2D eigenvalue weighted by Crippen LogP contribution is 2.30. The van der Waals surface area contributed by atoms with Crippen LogP contribution in [0.15, 0.2) is 23.1 Å². The summed E-state index contributed by atoms with van der Waals surface area (Å²) in [5.74, 6) is 1.91. The van der Waals surface area contributed by atoms with Crippen LogP contribution in [-0.4, -0.2) is 32.6 Å². The third-order valence-corrected chi connectivity index (χ3v) is 4.63. The van der Waals surface area contributed by atoms with Gasteiger partial charge in [-0.2, -0.15) is 0 Å². The van der Waals surface area contributed by atoms with Crippen molar-refractivity contribution >= 4 is 17.4 Å². The average molecular weight is 294 g/mol. The number of rotatable bonds is 9. The van der Waals surface area contributed by atoms with Crippen LogP contribution in [0, 0.1) is 5.92 Å². The molecule has 3 nitrogen and oxygen atoms in total. The summed E-state index contributed by atoms with van der Waals surface area (Å²) in [6, 6.07) is 6.44. The number of hydrogen-bond donors (Lipinski definition) is 1. The number of anilines is 1. The second kappa shape index (κ2) is 7.91. The largest absolute Gasteiger partial charge is 0.379 e. The molecule has 0 bridgehead atoms. The van der Waals surface area contributed by atoms with Crippen LogP contribution in [0.2, 0.25) is 0 Å². The third-order valence-electron chi connectivity index (χ3n) is 3.65. The molecule has 112 valence electrons. The highest BCUT2D eigenvalue weighted by atomic mass is 32.2. The van der Waals surface area contributed by atoms with Gasteiger partial charge in [-0.05, 0) is 36.6 Å². The van der Waals surface area contributed by atoms with E-state index < -0.39 is 0 Å². The van der Waals surface area contributed by atoms with Crippen LogP contribution in [0.3, 0.4) is 0 Å². The van der Waals surface area contributed by atoms with Gasteiger partial charge in [0.25, 0.3) is 0 Å².